The van der Waals surface area contributed by atoms with Crippen LogP contribution in [0.15, 0.2) is 18.2 Å². The van der Waals surface area contributed by atoms with Gasteiger partial charge in [-0.1, -0.05) is 48.5 Å². The number of carbonyl (C=O) groups is 2. The van der Waals surface area contributed by atoms with Gasteiger partial charge in [0.05, 0.1) is 7.11 Å². The summed E-state index contributed by atoms with van der Waals surface area (Å²) in [5.74, 6) is -0.496. The molecule has 0 heterocycles. The molecule has 0 atom stereocenters. The van der Waals surface area contributed by atoms with E-state index < -0.39 is 5.97 Å². The van der Waals surface area contributed by atoms with E-state index in [4.69, 9.17) is 23.2 Å². The molecule has 0 radical (unpaired) electrons. The Balaban J connectivity index is 2.06. The molecule has 0 amide bonds. The van der Waals surface area contributed by atoms with Crippen LogP contribution in [-0.2, 0) is 20.7 Å². The minimum atomic E-state index is -0.454. The molecule has 0 fully saturated rings. The number of rotatable bonds is 10. The number of hydrogen-bond donors (Lipinski definition) is 0. The highest BCUT2D eigenvalue weighted by molar-refractivity contribution is 6.35. The third-order valence-corrected chi connectivity index (χ3v) is 4.07. The van der Waals surface area contributed by atoms with Crippen molar-refractivity contribution in [2.75, 3.05) is 7.11 Å². The van der Waals surface area contributed by atoms with Crippen LogP contribution in [0.25, 0.3) is 0 Å². The number of hydrogen-bond acceptors (Lipinski definition) is 3. The molecule has 0 aliphatic carbocycles. The van der Waals surface area contributed by atoms with Crippen LogP contribution in [0.1, 0.15) is 50.5 Å². The summed E-state index contributed by atoms with van der Waals surface area (Å²) in [5, 5.41) is 1.38. The number of aryl methyl sites for hydroxylation is 1. The van der Waals surface area contributed by atoms with Crippen molar-refractivity contribution < 1.29 is 14.3 Å². The maximum atomic E-state index is 11.4. The second-order valence-corrected chi connectivity index (χ2v) is 6.14. The Hall–Kier alpha value is -1.06. The first-order valence-corrected chi connectivity index (χ1v) is 8.31. The highest BCUT2D eigenvalue weighted by Crippen LogP contribution is 2.22. The molecular weight excluding hydrogens is 323 g/mol. The lowest BCUT2D eigenvalue weighted by atomic mass is 10.0. The number of ether oxygens (including phenoxy) is 1. The molecule has 0 spiro atoms. The van der Waals surface area contributed by atoms with E-state index in [0.717, 1.165) is 49.1 Å². The van der Waals surface area contributed by atoms with Crippen molar-refractivity contribution in [2.45, 2.75) is 51.4 Å². The van der Waals surface area contributed by atoms with Gasteiger partial charge in [-0.2, -0.15) is 0 Å². The van der Waals surface area contributed by atoms with Crippen LogP contribution in [0.5, 0.6) is 0 Å². The molecule has 0 N–H and O–H groups in total. The fourth-order valence-electron chi connectivity index (χ4n) is 2.21. The molecule has 1 aromatic rings. The predicted octanol–water partition coefficient (Wildman–Crippen LogP) is 5.01. The monoisotopic (exact) mass is 344 g/mol. The van der Waals surface area contributed by atoms with Crippen molar-refractivity contribution in [3.05, 3.63) is 33.8 Å². The van der Waals surface area contributed by atoms with Gasteiger partial charge in [-0.15, -0.1) is 0 Å². The van der Waals surface area contributed by atoms with Crippen molar-refractivity contribution in [3.8, 4) is 0 Å². The molecule has 0 saturated heterocycles. The van der Waals surface area contributed by atoms with Gasteiger partial charge in [0.1, 0.15) is 12.2 Å². The Kier molecular flexibility index (Phi) is 9.17. The van der Waals surface area contributed by atoms with Gasteiger partial charge in [-0.25, -0.2) is 0 Å². The van der Waals surface area contributed by atoms with Crippen LogP contribution in [0.2, 0.25) is 10.0 Å². The average molecular weight is 345 g/mol. The van der Waals surface area contributed by atoms with E-state index in [9.17, 15) is 9.59 Å². The molecule has 0 aliphatic heterocycles. The number of benzene rings is 1. The molecule has 5 heteroatoms. The van der Waals surface area contributed by atoms with E-state index in [2.05, 4.69) is 4.74 Å². The number of ketones is 1. The summed E-state index contributed by atoms with van der Waals surface area (Å²) < 4.78 is 4.46. The van der Waals surface area contributed by atoms with Crippen molar-refractivity contribution in [2.24, 2.45) is 0 Å². The summed E-state index contributed by atoms with van der Waals surface area (Å²) >= 11 is 12.0. The lowest BCUT2D eigenvalue weighted by Crippen LogP contribution is -2.08. The molecule has 1 aromatic carbocycles. The summed E-state index contributed by atoms with van der Waals surface area (Å²) in [4.78, 5) is 22.3. The second-order valence-electron chi connectivity index (χ2n) is 5.30. The van der Waals surface area contributed by atoms with Crippen molar-refractivity contribution in [1.29, 1.82) is 0 Å². The Morgan fingerprint density at radius 1 is 1.05 bits per heavy atom. The minimum absolute atomic E-state index is 0.0419. The van der Waals surface area contributed by atoms with Crippen LogP contribution in [-0.4, -0.2) is 18.9 Å². The van der Waals surface area contributed by atoms with Crippen molar-refractivity contribution >= 4 is 35.0 Å². The third-order valence-electron chi connectivity index (χ3n) is 3.49. The standard InChI is InChI=1S/C17H22Cl2O3/c1-22-17(21)12-15(20)8-6-4-2-3-5-7-13-9-10-14(18)11-16(13)19/h9-11H,2-8,12H2,1H3. The quantitative estimate of drug-likeness (QED) is 0.340. The number of esters is 1. The normalized spacial score (nSPS) is 10.5. The highest BCUT2D eigenvalue weighted by atomic mass is 35.5. The first kappa shape index (κ1) is 19.0. The van der Waals surface area contributed by atoms with Gasteiger partial charge in [0.25, 0.3) is 0 Å². The zero-order valence-corrected chi connectivity index (χ0v) is 14.4. The molecule has 0 aliphatic rings. The van der Waals surface area contributed by atoms with Crippen LogP contribution in [0.4, 0.5) is 0 Å². The molecule has 0 bridgehead atoms. The smallest absolute Gasteiger partial charge is 0.313 e. The Bertz CT molecular complexity index is 501. The lowest BCUT2D eigenvalue weighted by molar-refractivity contribution is -0.143. The Labute approximate surface area is 141 Å². The minimum Gasteiger partial charge on any atom is -0.469 e. The number of Topliss-reactive ketones (excluding diaryl/α,β-unsaturated/α-hetero) is 1. The molecule has 0 aromatic heterocycles. The molecule has 22 heavy (non-hydrogen) atoms. The van der Waals surface area contributed by atoms with E-state index in [1.54, 1.807) is 6.07 Å². The van der Waals surface area contributed by atoms with Gasteiger partial charge < -0.3 is 4.74 Å². The topological polar surface area (TPSA) is 43.4 Å². The van der Waals surface area contributed by atoms with Gasteiger partial charge in [0.15, 0.2) is 0 Å². The molecule has 0 saturated carbocycles. The van der Waals surface area contributed by atoms with Crippen molar-refractivity contribution in [3.63, 3.8) is 0 Å². The molecule has 122 valence electrons. The fraction of sp³-hybridized carbons (Fsp3) is 0.529. The van der Waals surface area contributed by atoms with Crippen LogP contribution in [0.3, 0.4) is 0 Å². The molecule has 3 nitrogen and oxygen atoms in total. The summed E-state index contributed by atoms with van der Waals surface area (Å²) in [6, 6.07) is 5.59. The zero-order valence-electron chi connectivity index (χ0n) is 12.9. The third kappa shape index (κ3) is 7.81. The fourth-order valence-corrected chi connectivity index (χ4v) is 2.72. The van der Waals surface area contributed by atoms with E-state index in [1.165, 1.54) is 7.11 Å². The SMILES string of the molecule is COC(=O)CC(=O)CCCCCCCc1ccc(Cl)cc1Cl. The Morgan fingerprint density at radius 3 is 2.41 bits per heavy atom. The molecule has 0 unspecified atom stereocenters. The van der Waals surface area contributed by atoms with E-state index in [-0.39, 0.29) is 12.2 Å². The summed E-state index contributed by atoms with van der Waals surface area (Å²) in [6.07, 6.45) is 6.37. The van der Waals surface area contributed by atoms with E-state index in [0.29, 0.717) is 11.4 Å². The van der Waals surface area contributed by atoms with Crippen LogP contribution in [0, 0.1) is 0 Å². The average Bonchev–Trinajstić information content (AvgIpc) is 2.48. The molecule has 1 rings (SSSR count). The number of methoxy groups -OCH3 is 1. The second kappa shape index (κ2) is 10.6. The van der Waals surface area contributed by atoms with Crippen LogP contribution >= 0.6 is 23.2 Å². The van der Waals surface area contributed by atoms with Gasteiger partial charge >= 0.3 is 5.97 Å². The number of halogens is 2. The summed E-state index contributed by atoms with van der Waals surface area (Å²) in [5.41, 5.74) is 1.12. The van der Waals surface area contributed by atoms with Crippen molar-refractivity contribution in [1.82, 2.24) is 0 Å². The van der Waals surface area contributed by atoms with Gasteiger partial charge in [-0.3, -0.25) is 9.59 Å². The summed E-state index contributed by atoms with van der Waals surface area (Å²) in [6.45, 7) is 0. The zero-order chi connectivity index (χ0) is 16.4. The highest BCUT2D eigenvalue weighted by Gasteiger charge is 2.08. The molecular formula is C17H22Cl2O3. The predicted molar refractivity (Wildman–Crippen MR) is 89.5 cm³/mol. The van der Waals surface area contributed by atoms with Gasteiger partial charge in [-0.05, 0) is 37.0 Å². The van der Waals surface area contributed by atoms with E-state index >= 15 is 0 Å². The summed E-state index contributed by atoms with van der Waals surface area (Å²) in [7, 11) is 1.29. The maximum absolute atomic E-state index is 11.4. The lowest BCUT2D eigenvalue weighted by Gasteiger charge is -2.05. The first-order valence-electron chi connectivity index (χ1n) is 7.55. The van der Waals surface area contributed by atoms with E-state index in [1.807, 2.05) is 12.1 Å². The largest absolute Gasteiger partial charge is 0.469 e. The maximum Gasteiger partial charge on any atom is 0.313 e. The van der Waals surface area contributed by atoms with Gasteiger partial charge in [0.2, 0.25) is 0 Å². The number of unbranched alkanes of at least 4 members (excludes halogenated alkanes) is 4. The first-order chi connectivity index (χ1) is 10.5. The van der Waals surface area contributed by atoms with Gasteiger partial charge in [0, 0.05) is 16.5 Å². The number of carbonyl (C=O) groups excluding carboxylic acids is 2. The Morgan fingerprint density at radius 2 is 1.73 bits per heavy atom. The van der Waals surface area contributed by atoms with Crippen LogP contribution < -0.4 is 0 Å².